The van der Waals surface area contributed by atoms with Gasteiger partial charge in [0.05, 0.1) is 25.5 Å². The van der Waals surface area contributed by atoms with Crippen LogP contribution in [0.1, 0.15) is 30.0 Å². The van der Waals surface area contributed by atoms with Crippen molar-refractivity contribution >= 4 is 5.95 Å². The summed E-state index contributed by atoms with van der Waals surface area (Å²) in [5.74, 6) is 1.33. The lowest BCUT2D eigenvalue weighted by Gasteiger charge is -2.27. The molecular weight excluding hydrogens is 218 g/mol. The Kier molecular flexibility index (Phi) is 2.94. The number of anilines is 1. The first kappa shape index (κ1) is 10.9. The highest BCUT2D eigenvalue weighted by atomic mass is 16.5. The van der Waals surface area contributed by atoms with E-state index in [-0.39, 0.29) is 6.61 Å². The number of aliphatic hydroxyl groups excluding tert-OH is 1. The molecule has 2 fully saturated rings. The van der Waals surface area contributed by atoms with E-state index >= 15 is 0 Å². The summed E-state index contributed by atoms with van der Waals surface area (Å²) in [7, 11) is 0. The fourth-order valence-electron chi connectivity index (χ4n) is 2.16. The number of ether oxygens (including phenoxy) is 1. The molecule has 0 radical (unpaired) electrons. The molecule has 2 heterocycles. The zero-order valence-corrected chi connectivity index (χ0v) is 9.80. The van der Waals surface area contributed by atoms with Crippen molar-refractivity contribution in [2.45, 2.75) is 25.4 Å². The lowest BCUT2D eigenvalue weighted by Crippen LogP contribution is -2.37. The average Bonchev–Trinajstić information content (AvgIpc) is 3.23. The molecule has 2 aliphatic rings. The van der Waals surface area contributed by atoms with Gasteiger partial charge in [0.1, 0.15) is 0 Å². The first-order chi connectivity index (χ1) is 8.38. The molecule has 1 N–H and O–H groups in total. The van der Waals surface area contributed by atoms with E-state index in [1.165, 1.54) is 12.8 Å². The second-order valence-electron chi connectivity index (χ2n) is 4.61. The van der Waals surface area contributed by atoms with Gasteiger partial charge in [-0.05, 0) is 12.8 Å². The van der Waals surface area contributed by atoms with Crippen molar-refractivity contribution in [2.24, 2.45) is 0 Å². The second kappa shape index (κ2) is 4.58. The largest absolute Gasteiger partial charge is 0.392 e. The zero-order valence-electron chi connectivity index (χ0n) is 9.80. The van der Waals surface area contributed by atoms with E-state index in [9.17, 15) is 5.11 Å². The van der Waals surface area contributed by atoms with E-state index < -0.39 is 0 Å². The molecule has 5 nitrogen and oxygen atoms in total. The summed E-state index contributed by atoms with van der Waals surface area (Å²) in [6.07, 6.45) is 4.14. The molecule has 1 aromatic heterocycles. The van der Waals surface area contributed by atoms with E-state index in [1.807, 2.05) is 0 Å². The number of morpholine rings is 1. The van der Waals surface area contributed by atoms with Crippen LogP contribution in [0.5, 0.6) is 0 Å². The van der Waals surface area contributed by atoms with Gasteiger partial charge in [-0.1, -0.05) is 0 Å². The van der Waals surface area contributed by atoms with Crippen molar-refractivity contribution in [2.75, 3.05) is 31.2 Å². The SMILES string of the molecule is OCc1cnc(N2CCOCC2)nc1C1CC1. The van der Waals surface area contributed by atoms with Gasteiger partial charge in [-0.25, -0.2) is 9.97 Å². The molecule has 1 aliphatic carbocycles. The highest BCUT2D eigenvalue weighted by Gasteiger charge is 2.28. The molecule has 1 aromatic rings. The van der Waals surface area contributed by atoms with Gasteiger partial charge in [0.25, 0.3) is 0 Å². The lowest BCUT2D eigenvalue weighted by molar-refractivity contribution is 0.122. The molecule has 0 spiro atoms. The molecule has 1 saturated carbocycles. The fraction of sp³-hybridized carbons (Fsp3) is 0.667. The van der Waals surface area contributed by atoms with Crippen molar-refractivity contribution in [3.05, 3.63) is 17.5 Å². The predicted octanol–water partition coefficient (Wildman–Crippen LogP) is 0.683. The maximum Gasteiger partial charge on any atom is 0.225 e. The van der Waals surface area contributed by atoms with Crippen LogP contribution in [0.25, 0.3) is 0 Å². The maximum atomic E-state index is 9.28. The number of hydrogen-bond acceptors (Lipinski definition) is 5. The van der Waals surface area contributed by atoms with Crippen LogP contribution in [-0.4, -0.2) is 41.4 Å². The Morgan fingerprint density at radius 2 is 2.12 bits per heavy atom. The minimum absolute atomic E-state index is 0.0369. The van der Waals surface area contributed by atoms with Gasteiger partial charge in [-0.3, -0.25) is 0 Å². The smallest absolute Gasteiger partial charge is 0.225 e. The van der Waals surface area contributed by atoms with Crippen LogP contribution < -0.4 is 4.90 Å². The van der Waals surface area contributed by atoms with Crippen LogP contribution in [0.3, 0.4) is 0 Å². The topological polar surface area (TPSA) is 58.5 Å². The summed E-state index contributed by atoms with van der Waals surface area (Å²) in [6, 6.07) is 0. The Morgan fingerprint density at radius 1 is 1.35 bits per heavy atom. The monoisotopic (exact) mass is 235 g/mol. The van der Waals surface area contributed by atoms with Crippen LogP contribution in [0.2, 0.25) is 0 Å². The van der Waals surface area contributed by atoms with Gasteiger partial charge in [-0.15, -0.1) is 0 Å². The van der Waals surface area contributed by atoms with Gasteiger partial charge in [0.15, 0.2) is 0 Å². The predicted molar refractivity (Wildman–Crippen MR) is 63.0 cm³/mol. The third kappa shape index (κ3) is 2.25. The number of aliphatic hydroxyl groups is 1. The van der Waals surface area contributed by atoms with Crippen molar-refractivity contribution in [1.82, 2.24) is 9.97 Å². The average molecular weight is 235 g/mol. The molecule has 5 heteroatoms. The maximum absolute atomic E-state index is 9.28. The summed E-state index contributed by atoms with van der Waals surface area (Å²) in [4.78, 5) is 11.1. The quantitative estimate of drug-likeness (QED) is 0.835. The first-order valence-corrected chi connectivity index (χ1v) is 6.18. The number of rotatable bonds is 3. The summed E-state index contributed by atoms with van der Waals surface area (Å²) in [5, 5.41) is 9.28. The Hall–Kier alpha value is -1.20. The highest BCUT2D eigenvalue weighted by Crippen LogP contribution is 2.40. The Morgan fingerprint density at radius 3 is 2.76 bits per heavy atom. The first-order valence-electron chi connectivity index (χ1n) is 6.18. The summed E-state index contributed by atoms with van der Waals surface area (Å²) < 4.78 is 5.32. The van der Waals surface area contributed by atoms with E-state index in [1.54, 1.807) is 6.20 Å². The van der Waals surface area contributed by atoms with E-state index in [2.05, 4.69) is 14.9 Å². The van der Waals surface area contributed by atoms with Crippen LogP contribution in [-0.2, 0) is 11.3 Å². The Labute approximate surface area is 100 Å². The van der Waals surface area contributed by atoms with E-state index in [4.69, 9.17) is 4.74 Å². The molecule has 0 aromatic carbocycles. The molecule has 1 saturated heterocycles. The molecular formula is C12H17N3O2. The normalized spacial score (nSPS) is 20.6. The molecule has 92 valence electrons. The second-order valence-corrected chi connectivity index (χ2v) is 4.61. The van der Waals surface area contributed by atoms with E-state index in [0.29, 0.717) is 5.92 Å². The van der Waals surface area contributed by atoms with Crippen molar-refractivity contribution in [3.63, 3.8) is 0 Å². The van der Waals surface area contributed by atoms with Crippen LogP contribution >= 0.6 is 0 Å². The minimum Gasteiger partial charge on any atom is -0.392 e. The third-order valence-electron chi connectivity index (χ3n) is 3.31. The van der Waals surface area contributed by atoms with Crippen molar-refractivity contribution in [3.8, 4) is 0 Å². The molecule has 1 aliphatic heterocycles. The van der Waals surface area contributed by atoms with Gasteiger partial charge < -0.3 is 14.7 Å². The molecule has 0 bridgehead atoms. The van der Waals surface area contributed by atoms with E-state index in [0.717, 1.165) is 43.5 Å². The zero-order chi connectivity index (χ0) is 11.7. The Balaban J connectivity index is 1.86. The van der Waals surface area contributed by atoms with Crippen LogP contribution in [0.4, 0.5) is 5.95 Å². The van der Waals surface area contributed by atoms with Crippen LogP contribution in [0.15, 0.2) is 6.20 Å². The highest BCUT2D eigenvalue weighted by molar-refractivity contribution is 5.36. The molecule has 0 unspecified atom stereocenters. The van der Waals surface area contributed by atoms with Gasteiger partial charge in [0.2, 0.25) is 5.95 Å². The summed E-state index contributed by atoms with van der Waals surface area (Å²) in [5.41, 5.74) is 1.92. The molecule has 0 amide bonds. The number of hydrogen-bond donors (Lipinski definition) is 1. The Bertz CT molecular complexity index is 401. The van der Waals surface area contributed by atoms with Crippen LogP contribution in [0, 0.1) is 0 Å². The number of aromatic nitrogens is 2. The van der Waals surface area contributed by atoms with Crippen molar-refractivity contribution < 1.29 is 9.84 Å². The molecule has 0 atom stereocenters. The lowest BCUT2D eigenvalue weighted by atomic mass is 10.2. The minimum atomic E-state index is 0.0369. The van der Waals surface area contributed by atoms with Gasteiger partial charge in [0, 0.05) is 30.8 Å². The van der Waals surface area contributed by atoms with Gasteiger partial charge in [-0.2, -0.15) is 0 Å². The van der Waals surface area contributed by atoms with Crippen molar-refractivity contribution in [1.29, 1.82) is 0 Å². The molecule has 3 rings (SSSR count). The summed E-state index contributed by atoms with van der Waals surface area (Å²) in [6.45, 7) is 3.22. The third-order valence-corrected chi connectivity index (χ3v) is 3.31. The van der Waals surface area contributed by atoms with Gasteiger partial charge >= 0.3 is 0 Å². The fourth-order valence-corrected chi connectivity index (χ4v) is 2.16. The standard InChI is InChI=1S/C12H17N3O2/c16-8-10-7-13-12(14-11(10)9-1-2-9)15-3-5-17-6-4-15/h7,9,16H,1-6,8H2. The molecule has 17 heavy (non-hydrogen) atoms. The number of nitrogens with zero attached hydrogens (tertiary/aromatic N) is 3. The summed E-state index contributed by atoms with van der Waals surface area (Å²) >= 11 is 0.